The molecule has 0 aliphatic carbocycles. The second-order valence-electron chi connectivity index (χ2n) is 6.98. The maximum atomic E-state index is 10.6. The highest BCUT2D eigenvalue weighted by Crippen LogP contribution is 2.30. The zero-order chi connectivity index (χ0) is 16.5. The molecule has 7 heteroatoms. The van der Waals surface area contributed by atoms with Gasteiger partial charge in [0, 0.05) is 39.1 Å². The van der Waals surface area contributed by atoms with Gasteiger partial charge in [0.2, 0.25) is 0 Å². The number of fused-ring (bicyclic) bond motifs is 1. The Labute approximate surface area is 142 Å². The summed E-state index contributed by atoms with van der Waals surface area (Å²) in [7, 11) is 1.94. The first-order valence-corrected chi connectivity index (χ1v) is 8.84. The third-order valence-electron chi connectivity index (χ3n) is 5.31. The van der Waals surface area contributed by atoms with Crippen LogP contribution in [0, 0.1) is 5.92 Å². The molecule has 2 aromatic heterocycles. The number of imidazole rings is 1. The largest absolute Gasteiger partial charge is 0.385 e. The van der Waals surface area contributed by atoms with Crippen LogP contribution < -0.4 is 5.32 Å². The molecule has 2 N–H and O–H groups in total. The molecule has 4 heterocycles. The fraction of sp³-hybridized carbons (Fsp3) is 0.647. The van der Waals surface area contributed by atoms with Crippen molar-refractivity contribution in [2.24, 2.45) is 13.0 Å². The Morgan fingerprint density at radius 3 is 2.88 bits per heavy atom. The van der Waals surface area contributed by atoms with Crippen LogP contribution >= 0.6 is 0 Å². The molecule has 2 aliphatic rings. The molecule has 0 saturated carbocycles. The van der Waals surface area contributed by atoms with E-state index in [1.807, 2.05) is 17.8 Å². The maximum Gasteiger partial charge on any atom is 0.137 e. The van der Waals surface area contributed by atoms with E-state index in [2.05, 4.69) is 25.9 Å². The van der Waals surface area contributed by atoms with Crippen LogP contribution in [0.3, 0.4) is 0 Å². The number of aliphatic hydroxyl groups excluding tert-OH is 1. The second kappa shape index (κ2) is 6.66. The Hall–Kier alpha value is -1.70. The summed E-state index contributed by atoms with van der Waals surface area (Å²) in [6, 6.07) is 2.22. The van der Waals surface area contributed by atoms with Crippen molar-refractivity contribution >= 4 is 0 Å². The quantitative estimate of drug-likeness (QED) is 0.862. The predicted octanol–water partition coefficient (Wildman–Crippen LogP) is 0.665. The molecule has 0 amide bonds. The molecule has 0 radical (unpaired) electrons. The van der Waals surface area contributed by atoms with E-state index >= 15 is 0 Å². The lowest BCUT2D eigenvalue weighted by Crippen LogP contribution is -2.35. The summed E-state index contributed by atoms with van der Waals surface area (Å²) < 4.78 is 4.05. The normalized spacial score (nSPS) is 20.9. The third-order valence-corrected chi connectivity index (χ3v) is 5.31. The first-order chi connectivity index (χ1) is 11.7. The minimum absolute atomic E-state index is 0.293. The molecule has 0 spiro atoms. The topological polar surface area (TPSA) is 71.1 Å². The van der Waals surface area contributed by atoms with Gasteiger partial charge in [-0.15, -0.1) is 0 Å². The van der Waals surface area contributed by atoms with E-state index in [0.717, 1.165) is 63.6 Å². The molecular formula is C17H26N6O. The Morgan fingerprint density at radius 1 is 1.33 bits per heavy atom. The van der Waals surface area contributed by atoms with Gasteiger partial charge in [0.1, 0.15) is 11.9 Å². The molecule has 7 nitrogen and oxygen atoms in total. The summed E-state index contributed by atoms with van der Waals surface area (Å²) in [5.41, 5.74) is 2.45. The van der Waals surface area contributed by atoms with Crippen LogP contribution in [0.2, 0.25) is 0 Å². The van der Waals surface area contributed by atoms with Crippen molar-refractivity contribution < 1.29 is 5.11 Å². The van der Waals surface area contributed by atoms with Gasteiger partial charge in [-0.3, -0.25) is 9.58 Å². The summed E-state index contributed by atoms with van der Waals surface area (Å²) in [6.07, 6.45) is 5.19. The zero-order valence-corrected chi connectivity index (χ0v) is 14.2. The van der Waals surface area contributed by atoms with Crippen molar-refractivity contribution in [2.45, 2.75) is 38.6 Å². The molecular weight excluding hydrogens is 304 g/mol. The number of rotatable bonds is 4. The Balaban J connectivity index is 1.33. The molecule has 4 rings (SSSR count). The Morgan fingerprint density at radius 2 is 2.17 bits per heavy atom. The molecule has 0 aromatic carbocycles. The first kappa shape index (κ1) is 15.8. The molecule has 1 atom stereocenters. The number of aryl methyl sites for hydroxylation is 1. The van der Waals surface area contributed by atoms with Gasteiger partial charge >= 0.3 is 0 Å². The number of piperidine rings is 1. The number of nitrogens with one attached hydrogen (secondary N) is 1. The minimum atomic E-state index is -0.460. The van der Waals surface area contributed by atoms with E-state index in [9.17, 15) is 5.11 Å². The third kappa shape index (κ3) is 3.11. The molecule has 24 heavy (non-hydrogen) atoms. The molecule has 0 bridgehead atoms. The monoisotopic (exact) mass is 330 g/mol. The van der Waals surface area contributed by atoms with Gasteiger partial charge < -0.3 is 15.0 Å². The van der Waals surface area contributed by atoms with Crippen LogP contribution in [0.15, 0.2) is 18.5 Å². The highest BCUT2D eigenvalue weighted by atomic mass is 16.3. The van der Waals surface area contributed by atoms with Crippen LogP contribution in [0.1, 0.15) is 36.2 Å². The van der Waals surface area contributed by atoms with Crippen molar-refractivity contribution in [3.8, 4) is 0 Å². The van der Waals surface area contributed by atoms with Gasteiger partial charge in [-0.2, -0.15) is 5.10 Å². The average Bonchev–Trinajstić information content (AvgIpc) is 3.20. The predicted molar refractivity (Wildman–Crippen MR) is 90.1 cm³/mol. The van der Waals surface area contributed by atoms with E-state index in [-0.39, 0.29) is 0 Å². The molecule has 2 aromatic rings. The van der Waals surface area contributed by atoms with Gasteiger partial charge in [0.25, 0.3) is 0 Å². The lowest BCUT2D eigenvalue weighted by Gasteiger charge is -2.33. The van der Waals surface area contributed by atoms with Crippen molar-refractivity contribution in [2.75, 3.05) is 19.6 Å². The van der Waals surface area contributed by atoms with Gasteiger partial charge in [0.15, 0.2) is 0 Å². The fourth-order valence-electron chi connectivity index (χ4n) is 3.86. The molecule has 1 fully saturated rings. The smallest absolute Gasteiger partial charge is 0.137 e. The van der Waals surface area contributed by atoms with Crippen LogP contribution in [-0.4, -0.2) is 49.0 Å². The number of aromatic nitrogens is 4. The second-order valence-corrected chi connectivity index (χ2v) is 6.98. The number of hydrogen-bond acceptors (Lipinski definition) is 5. The van der Waals surface area contributed by atoms with Crippen LogP contribution in [0.4, 0.5) is 0 Å². The molecule has 130 valence electrons. The summed E-state index contributed by atoms with van der Waals surface area (Å²) in [5.74, 6) is 1.07. The summed E-state index contributed by atoms with van der Waals surface area (Å²) in [5, 5.41) is 18.7. The van der Waals surface area contributed by atoms with Gasteiger partial charge in [-0.1, -0.05) is 0 Å². The van der Waals surface area contributed by atoms with E-state index in [1.165, 1.54) is 5.69 Å². The first-order valence-electron chi connectivity index (χ1n) is 8.84. The molecule has 2 aliphatic heterocycles. The number of aliphatic hydroxyl groups is 1. The average molecular weight is 330 g/mol. The molecule has 0 unspecified atom stereocenters. The lowest BCUT2D eigenvalue weighted by molar-refractivity contribution is 0.0488. The van der Waals surface area contributed by atoms with Crippen molar-refractivity contribution in [1.82, 2.24) is 29.5 Å². The van der Waals surface area contributed by atoms with Gasteiger partial charge in [0.05, 0.1) is 17.9 Å². The highest BCUT2D eigenvalue weighted by Gasteiger charge is 2.28. The Kier molecular flexibility index (Phi) is 4.39. The van der Waals surface area contributed by atoms with E-state index in [4.69, 9.17) is 5.10 Å². The van der Waals surface area contributed by atoms with Crippen molar-refractivity contribution in [3.63, 3.8) is 0 Å². The van der Waals surface area contributed by atoms with Crippen molar-refractivity contribution in [3.05, 3.63) is 35.7 Å². The molecule has 1 saturated heterocycles. The van der Waals surface area contributed by atoms with E-state index in [1.54, 1.807) is 6.20 Å². The van der Waals surface area contributed by atoms with E-state index in [0.29, 0.717) is 5.92 Å². The lowest BCUT2D eigenvalue weighted by atomic mass is 9.90. The number of nitrogens with zero attached hydrogens (tertiary/aromatic N) is 5. The van der Waals surface area contributed by atoms with Gasteiger partial charge in [-0.05, 0) is 37.9 Å². The zero-order valence-electron chi connectivity index (χ0n) is 14.2. The Bertz CT molecular complexity index is 662. The number of hydrogen-bond donors (Lipinski definition) is 2. The SMILES string of the molecule is Cn1ccnc1[C@@H](O)C1CCN(Cc2cc3n(n2)CCNC3)CC1. The number of likely N-dealkylation sites (tertiary alicyclic amines) is 1. The van der Waals surface area contributed by atoms with Crippen molar-refractivity contribution in [1.29, 1.82) is 0 Å². The minimum Gasteiger partial charge on any atom is -0.385 e. The van der Waals surface area contributed by atoms with Crippen LogP contribution in [0.25, 0.3) is 0 Å². The highest BCUT2D eigenvalue weighted by molar-refractivity contribution is 5.12. The van der Waals surface area contributed by atoms with Crippen LogP contribution in [0.5, 0.6) is 0 Å². The standard InChI is InChI=1S/C17H26N6O/c1-21-8-5-19-17(21)16(24)13-2-6-22(7-3-13)12-14-10-15-11-18-4-9-23(15)20-14/h5,8,10,13,16,18,24H,2-4,6-7,9,11-12H2,1H3/t16-/m0/s1. The van der Waals surface area contributed by atoms with Gasteiger partial charge in [-0.25, -0.2) is 4.98 Å². The maximum absolute atomic E-state index is 10.6. The van der Waals surface area contributed by atoms with Crippen LogP contribution in [-0.2, 0) is 26.7 Å². The summed E-state index contributed by atoms with van der Waals surface area (Å²) >= 11 is 0. The summed E-state index contributed by atoms with van der Waals surface area (Å²) in [4.78, 5) is 6.74. The summed E-state index contributed by atoms with van der Waals surface area (Å²) in [6.45, 7) is 5.81. The van der Waals surface area contributed by atoms with E-state index < -0.39 is 6.10 Å². The fourth-order valence-corrected chi connectivity index (χ4v) is 3.86.